The van der Waals surface area contributed by atoms with E-state index >= 15 is 0 Å². The zero-order chi connectivity index (χ0) is 20.7. The van der Waals surface area contributed by atoms with Crippen LogP contribution in [0, 0.1) is 0 Å². The summed E-state index contributed by atoms with van der Waals surface area (Å²) in [4.78, 5) is 0. The molecule has 0 bridgehead atoms. The summed E-state index contributed by atoms with van der Waals surface area (Å²) >= 11 is 0. The molecule has 150 valence electrons. The topological polar surface area (TPSA) is 84.5 Å². The lowest BCUT2D eigenvalue weighted by molar-refractivity contribution is -0.740. The Labute approximate surface area is 165 Å². The van der Waals surface area contributed by atoms with Crippen LogP contribution in [-0.2, 0) is 28.7 Å². The van der Waals surface area contributed by atoms with Crippen LogP contribution in [0.3, 0.4) is 0 Å². The van der Waals surface area contributed by atoms with E-state index < -0.39 is 10.4 Å². The van der Waals surface area contributed by atoms with E-state index in [9.17, 15) is 13.0 Å². The molecule has 3 aromatic rings. The molecule has 0 spiro atoms. The molecule has 0 unspecified atom stereocenters. The van der Waals surface area contributed by atoms with Crippen LogP contribution in [-0.4, -0.2) is 31.4 Å². The number of nitrogens with zero attached hydrogens (tertiary/aromatic N) is 2. The highest BCUT2D eigenvalue weighted by Gasteiger charge is 2.29. The number of aromatic nitrogens is 2. The minimum atomic E-state index is -4.41. The molecule has 0 aliphatic rings. The molecule has 7 nitrogen and oxygen atoms in total. The quantitative estimate of drug-likeness (QED) is 0.371. The van der Waals surface area contributed by atoms with E-state index in [1.807, 2.05) is 19.1 Å². The molecule has 0 atom stereocenters. The molecular formula is C20H24N2O5S. The van der Waals surface area contributed by atoms with Crippen LogP contribution in [0.1, 0.15) is 6.92 Å². The van der Waals surface area contributed by atoms with Crippen LogP contribution in [0.25, 0.3) is 22.5 Å². The average Bonchev–Trinajstić information content (AvgIpc) is 2.94. The zero-order valence-corrected chi connectivity index (χ0v) is 17.1. The predicted molar refractivity (Wildman–Crippen MR) is 105 cm³/mol. The standard InChI is InChI=1S/C19H21N2O.CH4O4S/c1-4-22-19-17(15-11-7-5-8-12-15)20(2)21(3)18(19)16-13-9-6-10-14-16;1-5-6(2,3)4/h5-14H,4H2,1-3H3;1H3,(H,2,3,4)/q+1;/p-1. The molecule has 0 aliphatic heterocycles. The Kier molecular flexibility index (Phi) is 7.33. The molecule has 1 heterocycles. The third-order valence-corrected chi connectivity index (χ3v) is 4.52. The summed E-state index contributed by atoms with van der Waals surface area (Å²) in [5.74, 6) is 0.935. The molecule has 0 aliphatic carbocycles. The first-order valence-corrected chi connectivity index (χ1v) is 9.97. The SMILES string of the molecule is CCOc1c(-c2ccccc2)n(C)[n+](C)c1-c1ccccc1.COS(=O)(=O)[O-]. The van der Waals surface area contributed by atoms with Gasteiger partial charge >= 0.3 is 0 Å². The van der Waals surface area contributed by atoms with Crippen molar-refractivity contribution >= 4 is 10.4 Å². The summed E-state index contributed by atoms with van der Waals surface area (Å²) in [5.41, 5.74) is 4.52. The highest BCUT2D eigenvalue weighted by atomic mass is 32.3. The summed E-state index contributed by atoms with van der Waals surface area (Å²) in [6, 6.07) is 20.8. The second-order valence-electron chi connectivity index (χ2n) is 5.81. The van der Waals surface area contributed by atoms with Crippen LogP contribution >= 0.6 is 0 Å². The number of benzene rings is 2. The fourth-order valence-corrected chi connectivity index (χ4v) is 2.82. The molecule has 0 N–H and O–H groups in total. The van der Waals surface area contributed by atoms with Gasteiger partial charge in [-0.25, -0.2) is 8.42 Å². The van der Waals surface area contributed by atoms with Gasteiger partial charge in [-0.2, -0.15) is 4.68 Å². The lowest BCUT2D eigenvalue weighted by Crippen LogP contribution is -2.39. The van der Waals surface area contributed by atoms with Gasteiger partial charge in [-0.15, -0.1) is 4.68 Å². The Morgan fingerprint density at radius 3 is 1.89 bits per heavy atom. The molecule has 0 amide bonds. The molecule has 0 radical (unpaired) electrons. The lowest BCUT2D eigenvalue weighted by atomic mass is 10.1. The molecule has 3 rings (SSSR count). The van der Waals surface area contributed by atoms with Gasteiger partial charge in [-0.3, -0.25) is 4.18 Å². The maximum absolute atomic E-state index is 9.22. The minimum absolute atomic E-state index is 0.643. The summed E-state index contributed by atoms with van der Waals surface area (Å²) in [6.07, 6.45) is 0. The van der Waals surface area contributed by atoms with Crippen LogP contribution < -0.4 is 9.42 Å². The maximum atomic E-state index is 9.22. The summed E-state index contributed by atoms with van der Waals surface area (Å²) in [6.45, 7) is 2.67. The third kappa shape index (κ3) is 5.19. The fourth-order valence-electron chi connectivity index (χ4n) is 2.82. The van der Waals surface area contributed by atoms with E-state index in [1.165, 1.54) is 0 Å². The van der Waals surface area contributed by atoms with Gasteiger partial charge < -0.3 is 9.29 Å². The monoisotopic (exact) mass is 404 g/mol. The van der Waals surface area contributed by atoms with Gasteiger partial charge in [0.05, 0.1) is 26.3 Å². The Morgan fingerprint density at radius 1 is 1.00 bits per heavy atom. The summed E-state index contributed by atoms with van der Waals surface area (Å²) in [7, 11) is 0.529. The molecule has 0 saturated carbocycles. The first kappa shape index (κ1) is 21.6. The van der Waals surface area contributed by atoms with Gasteiger partial charge in [0.1, 0.15) is 0 Å². The van der Waals surface area contributed by atoms with Gasteiger partial charge in [0, 0.05) is 5.56 Å². The van der Waals surface area contributed by atoms with Crippen LogP contribution in [0.2, 0.25) is 0 Å². The van der Waals surface area contributed by atoms with Crippen molar-refractivity contribution in [3.05, 3.63) is 60.7 Å². The normalized spacial score (nSPS) is 10.9. The molecule has 8 heteroatoms. The number of hydrogen-bond acceptors (Lipinski definition) is 5. The van der Waals surface area contributed by atoms with E-state index in [0.717, 1.165) is 35.4 Å². The van der Waals surface area contributed by atoms with Gasteiger partial charge in [0.2, 0.25) is 16.1 Å². The zero-order valence-electron chi connectivity index (χ0n) is 16.3. The van der Waals surface area contributed by atoms with Crippen LogP contribution in [0.5, 0.6) is 5.75 Å². The van der Waals surface area contributed by atoms with E-state index in [0.29, 0.717) is 6.61 Å². The fraction of sp³-hybridized carbons (Fsp3) is 0.250. The summed E-state index contributed by atoms with van der Waals surface area (Å²) < 4.78 is 41.3. The van der Waals surface area contributed by atoms with Crippen molar-refractivity contribution in [3.8, 4) is 28.3 Å². The van der Waals surface area contributed by atoms with Crippen LogP contribution in [0.4, 0.5) is 0 Å². The van der Waals surface area contributed by atoms with Gasteiger partial charge in [0.15, 0.2) is 12.7 Å². The second kappa shape index (κ2) is 9.50. The minimum Gasteiger partial charge on any atom is -0.726 e. The highest BCUT2D eigenvalue weighted by molar-refractivity contribution is 7.80. The largest absolute Gasteiger partial charge is 0.726 e. The lowest BCUT2D eigenvalue weighted by Gasteiger charge is -2.04. The first-order chi connectivity index (χ1) is 13.3. The smallest absolute Gasteiger partial charge is 0.280 e. The van der Waals surface area contributed by atoms with Crippen molar-refractivity contribution < 1.29 is 26.6 Å². The molecule has 2 aromatic carbocycles. The van der Waals surface area contributed by atoms with Crippen LogP contribution in [0.15, 0.2) is 60.7 Å². The Bertz CT molecular complexity index is 937. The Balaban J connectivity index is 0.000000409. The Morgan fingerprint density at radius 2 is 1.46 bits per heavy atom. The highest BCUT2D eigenvalue weighted by Crippen LogP contribution is 2.37. The molecule has 0 fully saturated rings. The van der Waals surface area contributed by atoms with Crippen molar-refractivity contribution in [3.63, 3.8) is 0 Å². The number of ether oxygens (including phenoxy) is 1. The third-order valence-electron chi connectivity index (χ3n) is 4.11. The summed E-state index contributed by atoms with van der Waals surface area (Å²) in [5, 5.41) is 0. The van der Waals surface area contributed by atoms with Crippen molar-refractivity contribution in [1.29, 1.82) is 0 Å². The number of hydrogen-bond donors (Lipinski definition) is 0. The average molecular weight is 404 g/mol. The van der Waals surface area contributed by atoms with E-state index in [2.05, 4.69) is 76.2 Å². The van der Waals surface area contributed by atoms with E-state index in [4.69, 9.17) is 4.74 Å². The Hall–Kier alpha value is -2.68. The van der Waals surface area contributed by atoms with E-state index in [1.54, 1.807) is 0 Å². The molecule has 1 aromatic heterocycles. The van der Waals surface area contributed by atoms with Crippen molar-refractivity contribution in [2.45, 2.75) is 6.92 Å². The molecule has 28 heavy (non-hydrogen) atoms. The predicted octanol–water partition coefficient (Wildman–Crippen LogP) is 2.68. The van der Waals surface area contributed by atoms with E-state index in [-0.39, 0.29) is 0 Å². The first-order valence-electron chi connectivity index (χ1n) is 8.64. The molecular weight excluding hydrogens is 380 g/mol. The maximum Gasteiger partial charge on any atom is 0.280 e. The number of rotatable bonds is 5. The van der Waals surface area contributed by atoms with Crippen molar-refractivity contribution in [2.75, 3.05) is 13.7 Å². The second-order valence-corrected chi connectivity index (χ2v) is 6.96. The van der Waals surface area contributed by atoms with Crippen molar-refractivity contribution in [1.82, 2.24) is 4.68 Å². The van der Waals surface area contributed by atoms with Crippen molar-refractivity contribution in [2.24, 2.45) is 14.1 Å². The van der Waals surface area contributed by atoms with Gasteiger partial charge in [-0.05, 0) is 19.1 Å². The molecule has 0 saturated heterocycles. The van der Waals surface area contributed by atoms with Gasteiger partial charge in [-0.1, -0.05) is 48.5 Å². The van der Waals surface area contributed by atoms with Gasteiger partial charge in [0.25, 0.3) is 5.69 Å².